The predicted octanol–water partition coefficient (Wildman–Crippen LogP) is 1.09. The van der Waals surface area contributed by atoms with Gasteiger partial charge in [0, 0.05) is 26.8 Å². The predicted molar refractivity (Wildman–Crippen MR) is 58.2 cm³/mol. The van der Waals surface area contributed by atoms with Crippen LogP contribution in [0.2, 0.25) is 0 Å². The van der Waals surface area contributed by atoms with Crippen molar-refractivity contribution in [3.63, 3.8) is 0 Å². The molecule has 0 amide bonds. The highest BCUT2D eigenvalue weighted by molar-refractivity contribution is 5.61. The number of anilines is 2. The van der Waals surface area contributed by atoms with Crippen molar-refractivity contribution in [1.82, 2.24) is 9.78 Å². The second kappa shape index (κ2) is 3.19. The second-order valence-electron chi connectivity index (χ2n) is 4.44. The summed E-state index contributed by atoms with van der Waals surface area (Å²) in [7, 11) is 3.96. The maximum atomic E-state index is 5.85. The summed E-state index contributed by atoms with van der Waals surface area (Å²) in [6.45, 7) is 3.36. The Bertz CT molecular complexity index is 331. The summed E-state index contributed by atoms with van der Waals surface area (Å²) in [5, 5.41) is 4.33. The third-order valence-electron chi connectivity index (χ3n) is 2.98. The van der Waals surface area contributed by atoms with Crippen LogP contribution in [0.3, 0.4) is 0 Å². The topological polar surface area (TPSA) is 47.1 Å². The van der Waals surface area contributed by atoms with Crippen molar-refractivity contribution in [2.24, 2.45) is 18.9 Å². The van der Waals surface area contributed by atoms with Gasteiger partial charge in [-0.3, -0.25) is 4.68 Å². The van der Waals surface area contributed by atoms with Gasteiger partial charge in [0.05, 0.1) is 5.69 Å². The van der Waals surface area contributed by atoms with Crippen molar-refractivity contribution in [1.29, 1.82) is 0 Å². The van der Waals surface area contributed by atoms with E-state index in [2.05, 4.69) is 24.0 Å². The third kappa shape index (κ3) is 1.69. The van der Waals surface area contributed by atoms with Crippen molar-refractivity contribution in [2.45, 2.75) is 13.3 Å². The van der Waals surface area contributed by atoms with Crippen LogP contribution in [0.1, 0.15) is 13.3 Å². The Balaban J connectivity index is 2.03. The summed E-state index contributed by atoms with van der Waals surface area (Å²) in [4.78, 5) is 2.16. The Morgan fingerprint density at radius 3 is 2.79 bits per heavy atom. The molecule has 78 valence electrons. The monoisotopic (exact) mass is 194 g/mol. The minimum atomic E-state index is 0.767. The summed E-state index contributed by atoms with van der Waals surface area (Å²) < 4.78 is 1.76. The Kier molecular flexibility index (Phi) is 2.13. The molecule has 2 unspecified atom stereocenters. The minimum Gasteiger partial charge on any atom is -0.394 e. The number of aryl methyl sites for hydroxylation is 1. The lowest BCUT2D eigenvalue weighted by molar-refractivity contribution is 0.702. The molecule has 1 aliphatic rings. The van der Waals surface area contributed by atoms with E-state index in [-0.39, 0.29) is 0 Å². The third-order valence-corrected chi connectivity index (χ3v) is 2.98. The summed E-state index contributed by atoms with van der Waals surface area (Å²) >= 11 is 0. The summed E-state index contributed by atoms with van der Waals surface area (Å²) in [6, 6.07) is 0. The van der Waals surface area contributed by atoms with Crippen LogP contribution in [0, 0.1) is 11.8 Å². The van der Waals surface area contributed by atoms with Crippen LogP contribution in [0.15, 0.2) is 6.20 Å². The number of nitrogen functional groups attached to an aromatic ring is 1. The van der Waals surface area contributed by atoms with E-state index in [9.17, 15) is 0 Å². The first kappa shape index (κ1) is 9.37. The quantitative estimate of drug-likeness (QED) is 0.783. The van der Waals surface area contributed by atoms with Crippen LogP contribution in [-0.4, -0.2) is 23.4 Å². The molecule has 1 fully saturated rings. The van der Waals surface area contributed by atoms with Gasteiger partial charge < -0.3 is 10.6 Å². The van der Waals surface area contributed by atoms with E-state index >= 15 is 0 Å². The first-order valence-corrected chi connectivity index (χ1v) is 5.08. The van der Waals surface area contributed by atoms with E-state index in [1.54, 1.807) is 4.68 Å². The minimum absolute atomic E-state index is 0.767. The lowest BCUT2D eigenvalue weighted by atomic mass is 10.3. The first-order valence-electron chi connectivity index (χ1n) is 5.08. The number of nitrogens with two attached hydrogens (primary N) is 1. The molecule has 1 heterocycles. The van der Waals surface area contributed by atoms with Gasteiger partial charge in [-0.2, -0.15) is 5.10 Å². The molecule has 0 aromatic carbocycles. The van der Waals surface area contributed by atoms with Gasteiger partial charge in [0.25, 0.3) is 0 Å². The van der Waals surface area contributed by atoms with Gasteiger partial charge in [-0.05, 0) is 18.3 Å². The van der Waals surface area contributed by atoms with Gasteiger partial charge in [0.15, 0.2) is 5.82 Å². The molecule has 0 spiro atoms. The molecule has 0 radical (unpaired) electrons. The lowest BCUT2D eigenvalue weighted by Crippen LogP contribution is -2.22. The number of hydrogen-bond acceptors (Lipinski definition) is 3. The Hall–Kier alpha value is -1.19. The Morgan fingerprint density at radius 2 is 2.36 bits per heavy atom. The Labute approximate surface area is 84.7 Å². The molecule has 0 bridgehead atoms. The normalized spacial score (nSPS) is 25.1. The van der Waals surface area contributed by atoms with Crippen LogP contribution in [0.4, 0.5) is 11.5 Å². The van der Waals surface area contributed by atoms with E-state index in [1.807, 2.05) is 13.2 Å². The van der Waals surface area contributed by atoms with E-state index in [1.165, 1.54) is 6.42 Å². The zero-order valence-electron chi connectivity index (χ0n) is 9.07. The van der Waals surface area contributed by atoms with Crippen molar-refractivity contribution in [3.05, 3.63) is 6.20 Å². The summed E-state index contributed by atoms with van der Waals surface area (Å²) in [5.74, 6) is 2.62. The molecule has 1 aromatic rings. The molecule has 2 atom stereocenters. The first-order chi connectivity index (χ1) is 6.58. The van der Waals surface area contributed by atoms with Crippen molar-refractivity contribution >= 4 is 11.5 Å². The largest absolute Gasteiger partial charge is 0.394 e. The molecule has 1 aliphatic carbocycles. The number of nitrogens with zero attached hydrogens (tertiary/aromatic N) is 3. The van der Waals surface area contributed by atoms with Gasteiger partial charge in [-0.15, -0.1) is 0 Å². The lowest BCUT2D eigenvalue weighted by Gasteiger charge is -2.16. The van der Waals surface area contributed by atoms with Gasteiger partial charge in [0.1, 0.15) is 0 Å². The number of hydrogen-bond donors (Lipinski definition) is 1. The highest BCUT2D eigenvalue weighted by Gasteiger charge is 2.33. The van der Waals surface area contributed by atoms with Gasteiger partial charge in [0.2, 0.25) is 0 Å². The van der Waals surface area contributed by atoms with Crippen molar-refractivity contribution in [2.75, 3.05) is 24.2 Å². The highest BCUT2D eigenvalue weighted by Crippen LogP contribution is 2.38. The average Bonchev–Trinajstić information content (AvgIpc) is 2.64. The zero-order chi connectivity index (χ0) is 10.3. The van der Waals surface area contributed by atoms with E-state index < -0.39 is 0 Å². The maximum absolute atomic E-state index is 5.85. The van der Waals surface area contributed by atoms with Gasteiger partial charge in [-0.1, -0.05) is 6.92 Å². The summed E-state index contributed by atoms with van der Waals surface area (Å²) in [5.41, 5.74) is 6.62. The SMILES string of the molecule is CC1CC1CN(C)c1nn(C)cc1N. The molecular formula is C10H18N4. The van der Waals surface area contributed by atoms with Crippen LogP contribution >= 0.6 is 0 Å². The molecule has 14 heavy (non-hydrogen) atoms. The average molecular weight is 194 g/mol. The molecule has 1 saturated carbocycles. The fraction of sp³-hybridized carbons (Fsp3) is 0.700. The van der Waals surface area contributed by atoms with Crippen LogP contribution in [-0.2, 0) is 7.05 Å². The van der Waals surface area contributed by atoms with Crippen LogP contribution < -0.4 is 10.6 Å². The molecule has 2 N–H and O–H groups in total. The number of rotatable bonds is 3. The van der Waals surface area contributed by atoms with Gasteiger partial charge >= 0.3 is 0 Å². The highest BCUT2D eigenvalue weighted by atomic mass is 15.3. The molecular weight excluding hydrogens is 176 g/mol. The standard InChI is InChI=1S/C10H18N4/c1-7-4-8(7)5-13(2)10-9(11)6-14(3)12-10/h6-8H,4-5,11H2,1-3H3. The molecule has 4 heteroatoms. The molecule has 1 aromatic heterocycles. The summed E-state index contributed by atoms with van der Waals surface area (Å²) in [6.07, 6.45) is 3.19. The van der Waals surface area contributed by atoms with Crippen LogP contribution in [0.25, 0.3) is 0 Å². The maximum Gasteiger partial charge on any atom is 0.173 e. The van der Waals surface area contributed by atoms with Crippen LogP contribution in [0.5, 0.6) is 0 Å². The second-order valence-corrected chi connectivity index (χ2v) is 4.44. The zero-order valence-corrected chi connectivity index (χ0v) is 9.07. The molecule has 0 saturated heterocycles. The van der Waals surface area contributed by atoms with E-state index in [0.29, 0.717) is 0 Å². The fourth-order valence-corrected chi connectivity index (χ4v) is 1.88. The van der Waals surface area contributed by atoms with Crippen molar-refractivity contribution < 1.29 is 0 Å². The van der Waals surface area contributed by atoms with E-state index in [0.717, 1.165) is 29.9 Å². The fourth-order valence-electron chi connectivity index (χ4n) is 1.88. The van der Waals surface area contributed by atoms with Gasteiger partial charge in [-0.25, -0.2) is 0 Å². The molecule has 2 rings (SSSR count). The molecule has 0 aliphatic heterocycles. The number of aromatic nitrogens is 2. The molecule has 4 nitrogen and oxygen atoms in total. The van der Waals surface area contributed by atoms with E-state index in [4.69, 9.17) is 5.73 Å². The van der Waals surface area contributed by atoms with Crippen molar-refractivity contribution in [3.8, 4) is 0 Å². The smallest absolute Gasteiger partial charge is 0.173 e. The Morgan fingerprint density at radius 1 is 1.71 bits per heavy atom.